The van der Waals surface area contributed by atoms with Gasteiger partial charge in [-0.25, -0.2) is 4.98 Å². The molecule has 1 aromatic heterocycles. The third-order valence-electron chi connectivity index (χ3n) is 4.28. The second-order valence-electron chi connectivity index (χ2n) is 5.32. The number of nitrogens with zero attached hydrogens (tertiary/aromatic N) is 2. The van der Waals surface area contributed by atoms with Crippen LogP contribution in [0, 0.1) is 0 Å². The molecule has 4 heteroatoms. The van der Waals surface area contributed by atoms with Crippen LogP contribution in [-0.2, 0) is 0 Å². The van der Waals surface area contributed by atoms with Gasteiger partial charge in [-0.3, -0.25) is 4.79 Å². The van der Waals surface area contributed by atoms with Gasteiger partial charge in [-0.15, -0.1) is 0 Å². The van der Waals surface area contributed by atoms with E-state index in [4.69, 9.17) is 0 Å². The zero-order chi connectivity index (χ0) is 12.8. The minimum absolute atomic E-state index is 0.135. The first-order valence-electron chi connectivity index (χ1n) is 6.74. The molecule has 4 nitrogen and oxygen atoms in total. The molecule has 2 bridgehead atoms. The Bertz CT molecular complexity index is 619. The first-order chi connectivity index (χ1) is 9.34. The van der Waals surface area contributed by atoms with Gasteiger partial charge in [0, 0.05) is 18.0 Å². The van der Waals surface area contributed by atoms with Crippen molar-refractivity contribution in [3.8, 4) is 0 Å². The molecule has 1 aliphatic carbocycles. The van der Waals surface area contributed by atoms with Gasteiger partial charge in [-0.1, -0.05) is 18.2 Å². The van der Waals surface area contributed by atoms with Gasteiger partial charge < -0.3 is 9.88 Å². The molecule has 2 aliphatic heterocycles. The molecule has 2 atom stereocenters. The summed E-state index contributed by atoms with van der Waals surface area (Å²) >= 11 is 0. The van der Waals surface area contributed by atoms with Crippen molar-refractivity contribution in [3.05, 3.63) is 53.6 Å². The van der Waals surface area contributed by atoms with Crippen LogP contribution in [0.4, 0.5) is 0 Å². The molecule has 96 valence electrons. The quantitative estimate of drug-likeness (QED) is 0.848. The summed E-state index contributed by atoms with van der Waals surface area (Å²) in [5.74, 6) is 0.537. The van der Waals surface area contributed by atoms with Crippen molar-refractivity contribution in [2.24, 2.45) is 0 Å². The third kappa shape index (κ3) is 1.52. The third-order valence-corrected chi connectivity index (χ3v) is 4.28. The fourth-order valence-electron chi connectivity index (χ4n) is 3.37. The number of carbonyl (C=O) groups excluding carboxylic acids is 1. The molecule has 0 spiro atoms. The smallest absolute Gasteiger partial charge is 0.254 e. The van der Waals surface area contributed by atoms with Crippen molar-refractivity contribution in [2.45, 2.75) is 24.8 Å². The molecular weight excluding hydrogens is 238 g/mol. The second kappa shape index (κ2) is 3.95. The molecule has 0 radical (unpaired) electrons. The van der Waals surface area contributed by atoms with Crippen molar-refractivity contribution in [2.75, 3.05) is 6.54 Å². The summed E-state index contributed by atoms with van der Waals surface area (Å²) in [6, 6.07) is 9.72. The van der Waals surface area contributed by atoms with Crippen LogP contribution in [0.25, 0.3) is 0 Å². The van der Waals surface area contributed by atoms with E-state index in [1.807, 2.05) is 35.2 Å². The highest BCUT2D eigenvalue weighted by molar-refractivity contribution is 5.94. The van der Waals surface area contributed by atoms with Crippen molar-refractivity contribution < 1.29 is 4.79 Å². The summed E-state index contributed by atoms with van der Waals surface area (Å²) in [4.78, 5) is 22.2. The maximum absolute atomic E-state index is 12.6. The maximum atomic E-state index is 12.6. The number of carbonyl (C=O) groups is 1. The minimum Gasteiger partial charge on any atom is -0.347 e. The van der Waals surface area contributed by atoms with Crippen LogP contribution in [0.2, 0.25) is 0 Å². The van der Waals surface area contributed by atoms with Crippen LogP contribution in [0.5, 0.6) is 0 Å². The van der Waals surface area contributed by atoms with E-state index in [2.05, 4.69) is 9.97 Å². The average molecular weight is 253 g/mol. The number of amides is 1. The molecule has 2 unspecified atom stereocenters. The Balaban J connectivity index is 1.70. The van der Waals surface area contributed by atoms with Crippen molar-refractivity contribution in [3.63, 3.8) is 0 Å². The van der Waals surface area contributed by atoms with Crippen molar-refractivity contribution >= 4 is 5.91 Å². The van der Waals surface area contributed by atoms with Gasteiger partial charge in [0.1, 0.15) is 0 Å². The lowest BCUT2D eigenvalue weighted by molar-refractivity contribution is 0.0530. The van der Waals surface area contributed by atoms with Crippen molar-refractivity contribution in [1.82, 2.24) is 14.9 Å². The van der Waals surface area contributed by atoms with Gasteiger partial charge >= 0.3 is 0 Å². The van der Waals surface area contributed by atoms with Gasteiger partial charge in [0.2, 0.25) is 0 Å². The molecule has 1 amide bonds. The lowest BCUT2D eigenvalue weighted by Gasteiger charge is -2.44. The van der Waals surface area contributed by atoms with Crippen molar-refractivity contribution in [1.29, 1.82) is 0 Å². The highest BCUT2D eigenvalue weighted by atomic mass is 16.2. The molecular formula is C15H15N3O. The number of aromatic amines is 1. The Morgan fingerprint density at radius 2 is 2.11 bits per heavy atom. The van der Waals surface area contributed by atoms with E-state index in [-0.39, 0.29) is 11.9 Å². The normalized spacial score (nSPS) is 24.3. The number of imidazole rings is 1. The number of H-pyrrole nitrogens is 1. The lowest BCUT2D eigenvalue weighted by atomic mass is 9.80. The number of aromatic nitrogens is 2. The minimum atomic E-state index is 0.135. The Morgan fingerprint density at radius 3 is 2.95 bits per heavy atom. The van der Waals surface area contributed by atoms with E-state index in [0.717, 1.165) is 30.6 Å². The highest BCUT2D eigenvalue weighted by Crippen LogP contribution is 2.45. The molecule has 2 aromatic rings. The van der Waals surface area contributed by atoms with Gasteiger partial charge in [0.05, 0.1) is 23.8 Å². The number of benzene rings is 1. The van der Waals surface area contributed by atoms with E-state index >= 15 is 0 Å². The summed E-state index contributed by atoms with van der Waals surface area (Å²) < 4.78 is 0. The zero-order valence-corrected chi connectivity index (χ0v) is 10.5. The van der Waals surface area contributed by atoms with Gasteiger partial charge in [-0.2, -0.15) is 0 Å². The Kier molecular flexibility index (Phi) is 2.24. The van der Waals surface area contributed by atoms with Crippen LogP contribution in [0.1, 0.15) is 46.5 Å². The fraction of sp³-hybridized carbons (Fsp3) is 0.333. The number of hydrogen-bond donors (Lipinski definition) is 1. The highest BCUT2D eigenvalue weighted by Gasteiger charge is 2.42. The van der Waals surface area contributed by atoms with Gasteiger partial charge in [0.15, 0.2) is 0 Å². The van der Waals surface area contributed by atoms with E-state index in [0.29, 0.717) is 5.92 Å². The molecule has 1 N–H and O–H groups in total. The number of nitrogens with one attached hydrogen (secondary N) is 1. The largest absolute Gasteiger partial charge is 0.347 e. The standard InChI is InChI=1S/C15H15N3O/c19-15(10-4-2-1-3-5-10)18-8-11-6-7-12(18)14-13(11)16-9-17-14/h1-5,9,11-12H,6-8H2,(H,16,17). The number of piperidine rings is 1. The predicted octanol–water partition coefficient (Wildman–Crippen LogP) is 2.48. The number of fused-ring (bicyclic) bond motifs is 2. The molecule has 0 saturated carbocycles. The summed E-state index contributed by atoms with van der Waals surface area (Å²) in [7, 11) is 0. The fourth-order valence-corrected chi connectivity index (χ4v) is 3.37. The summed E-state index contributed by atoms with van der Waals surface area (Å²) in [5.41, 5.74) is 3.09. The average Bonchev–Trinajstić information content (AvgIpc) is 2.99. The first kappa shape index (κ1) is 10.8. The van der Waals surface area contributed by atoms with Crippen LogP contribution >= 0.6 is 0 Å². The number of hydrogen-bond acceptors (Lipinski definition) is 2. The van der Waals surface area contributed by atoms with E-state index in [1.165, 1.54) is 5.69 Å². The van der Waals surface area contributed by atoms with Crippen LogP contribution in [0.15, 0.2) is 36.7 Å². The Hall–Kier alpha value is -2.10. The molecule has 3 heterocycles. The topological polar surface area (TPSA) is 49.0 Å². The van der Waals surface area contributed by atoms with E-state index in [9.17, 15) is 4.79 Å². The molecule has 3 aliphatic rings. The number of rotatable bonds is 1. The SMILES string of the molecule is O=C(c1ccccc1)N1CC2CCC1c1[nH]cnc12. The maximum Gasteiger partial charge on any atom is 0.254 e. The molecule has 1 fully saturated rings. The van der Waals surface area contributed by atoms with Crippen LogP contribution in [-0.4, -0.2) is 27.3 Å². The predicted molar refractivity (Wildman–Crippen MR) is 70.8 cm³/mol. The van der Waals surface area contributed by atoms with E-state index < -0.39 is 0 Å². The summed E-state index contributed by atoms with van der Waals surface area (Å²) in [6.45, 7) is 0.802. The summed E-state index contributed by atoms with van der Waals surface area (Å²) in [5, 5.41) is 0. The van der Waals surface area contributed by atoms with E-state index in [1.54, 1.807) is 6.33 Å². The Morgan fingerprint density at radius 1 is 1.26 bits per heavy atom. The monoisotopic (exact) mass is 253 g/mol. The Labute approximate surface area is 111 Å². The van der Waals surface area contributed by atoms with Crippen LogP contribution in [0.3, 0.4) is 0 Å². The first-order valence-corrected chi connectivity index (χ1v) is 6.74. The molecule has 19 heavy (non-hydrogen) atoms. The summed E-state index contributed by atoms with van der Waals surface area (Å²) in [6.07, 6.45) is 3.94. The van der Waals surface area contributed by atoms with Gasteiger partial charge in [-0.05, 0) is 25.0 Å². The molecule has 1 aromatic carbocycles. The lowest BCUT2D eigenvalue weighted by Crippen LogP contribution is -2.45. The van der Waals surface area contributed by atoms with Gasteiger partial charge in [0.25, 0.3) is 5.91 Å². The molecule has 1 saturated heterocycles. The van der Waals surface area contributed by atoms with Crippen LogP contribution < -0.4 is 0 Å². The molecule has 5 rings (SSSR count). The zero-order valence-electron chi connectivity index (χ0n) is 10.5. The second-order valence-corrected chi connectivity index (χ2v) is 5.32.